The van der Waals surface area contributed by atoms with Crippen molar-refractivity contribution in [2.45, 2.75) is 80.1 Å². The van der Waals surface area contributed by atoms with Crippen LogP contribution in [0.25, 0.3) is 0 Å². The molecule has 2 aliphatic carbocycles. The summed E-state index contributed by atoms with van der Waals surface area (Å²) in [4.78, 5) is 33.9. The Bertz CT molecular complexity index is 701. The Morgan fingerprint density at radius 1 is 0.844 bits per heavy atom. The third-order valence-corrected chi connectivity index (χ3v) is 7.16. The Kier molecular flexibility index (Phi) is 10.9. The van der Waals surface area contributed by atoms with Crippen LogP contribution in [-0.4, -0.2) is 32.4 Å². The maximum absolute atomic E-state index is 11.5. The van der Waals surface area contributed by atoms with Crippen LogP contribution in [0.4, 0.5) is 0 Å². The minimum Gasteiger partial charge on any atom is -0.469 e. The molecule has 0 radical (unpaired) electrons. The highest BCUT2D eigenvalue weighted by Gasteiger charge is 2.61. The van der Waals surface area contributed by atoms with Gasteiger partial charge >= 0.3 is 11.9 Å². The Balaban J connectivity index is 0.000000323. The predicted molar refractivity (Wildman–Crippen MR) is 128 cm³/mol. The van der Waals surface area contributed by atoms with Gasteiger partial charge in [0.2, 0.25) is 0 Å². The number of hydrogen-bond acceptors (Lipinski definition) is 5. The van der Waals surface area contributed by atoms with Gasteiger partial charge in [-0.1, -0.05) is 79.0 Å². The van der Waals surface area contributed by atoms with Gasteiger partial charge in [0.1, 0.15) is 6.29 Å². The van der Waals surface area contributed by atoms with Crippen LogP contribution in [0.1, 0.15) is 80.1 Å². The molecule has 32 heavy (non-hydrogen) atoms. The van der Waals surface area contributed by atoms with Crippen LogP contribution in [0.3, 0.4) is 0 Å². The molecule has 182 valence electrons. The van der Waals surface area contributed by atoms with E-state index in [1.54, 1.807) is 0 Å². The Labute approximate surface area is 195 Å². The topological polar surface area (TPSA) is 69.7 Å². The highest BCUT2D eigenvalue weighted by molar-refractivity contribution is 5.80. The Hall–Kier alpha value is -1.91. The smallest absolute Gasteiger partial charge is 0.309 e. The molecule has 0 amide bonds. The van der Waals surface area contributed by atoms with Gasteiger partial charge in [0.15, 0.2) is 0 Å². The molecular weight excluding hydrogens is 404 g/mol. The fourth-order valence-electron chi connectivity index (χ4n) is 4.54. The molecule has 0 bridgehead atoms. The van der Waals surface area contributed by atoms with E-state index in [9.17, 15) is 14.4 Å². The normalized spacial score (nSPS) is 27.2. The summed E-state index contributed by atoms with van der Waals surface area (Å²) in [6.45, 7) is 12.6. The Morgan fingerprint density at radius 3 is 1.81 bits per heavy atom. The molecule has 0 aromatic rings. The number of rotatable bonds is 11. The first-order valence-corrected chi connectivity index (χ1v) is 12.0. The molecule has 0 saturated heterocycles. The number of methoxy groups -OCH3 is 2. The number of carbonyl (C=O) groups excluding carboxylic acids is 3. The first-order valence-electron chi connectivity index (χ1n) is 12.0. The molecule has 5 heteroatoms. The molecule has 0 aromatic carbocycles. The average Bonchev–Trinajstić information content (AvgIpc) is 3.53. The van der Waals surface area contributed by atoms with E-state index in [1.165, 1.54) is 27.1 Å². The lowest BCUT2D eigenvalue weighted by Crippen LogP contribution is -2.07. The molecule has 2 saturated carbocycles. The quantitative estimate of drug-likeness (QED) is 0.129. The van der Waals surface area contributed by atoms with E-state index >= 15 is 0 Å². The number of aldehydes is 1. The predicted octanol–water partition coefficient (Wildman–Crippen LogP) is 5.93. The summed E-state index contributed by atoms with van der Waals surface area (Å²) in [6, 6.07) is 0. The van der Waals surface area contributed by atoms with Gasteiger partial charge in [0.05, 0.1) is 26.1 Å². The molecule has 0 aromatic heterocycles. The monoisotopic (exact) mass is 448 g/mol. The highest BCUT2D eigenvalue weighted by atomic mass is 16.5. The molecule has 0 N–H and O–H groups in total. The summed E-state index contributed by atoms with van der Waals surface area (Å²) in [5.41, 5.74) is 0.833. The van der Waals surface area contributed by atoms with E-state index in [-0.39, 0.29) is 40.5 Å². The van der Waals surface area contributed by atoms with Crippen LogP contribution in [-0.2, 0) is 23.9 Å². The zero-order valence-electron chi connectivity index (χ0n) is 21.4. The van der Waals surface area contributed by atoms with E-state index in [0.29, 0.717) is 5.92 Å². The summed E-state index contributed by atoms with van der Waals surface area (Å²) < 4.78 is 9.57. The van der Waals surface area contributed by atoms with Gasteiger partial charge in [-0.15, -0.1) is 0 Å². The lowest BCUT2D eigenvalue weighted by atomic mass is 10.0. The number of hydrogen-bond donors (Lipinski definition) is 0. The largest absolute Gasteiger partial charge is 0.469 e. The number of unbranched alkanes of at least 4 members (excludes halogenated alkanes) is 3. The zero-order valence-corrected chi connectivity index (χ0v) is 21.4. The minimum absolute atomic E-state index is 0.0647. The van der Waals surface area contributed by atoms with Gasteiger partial charge in [0.25, 0.3) is 0 Å². The standard InChI is InChI=1S/C14H22O3.C13H22O2/c1-5-6-7-10(9-15)8-11-12(13(16)17-4)14(11,2)3;1-5-6-7-8-9-10-11(12(14)15-4)13(10,2)3/h8-9,11-12H,5-7H2,1-4H3;8-11H,5-7H2,1-4H3/b10-8+;9-8-. The maximum Gasteiger partial charge on any atom is 0.309 e. The molecule has 2 aliphatic rings. The second-order valence-corrected chi connectivity index (χ2v) is 10.2. The first-order chi connectivity index (χ1) is 15.0. The molecule has 2 fully saturated rings. The van der Waals surface area contributed by atoms with Gasteiger partial charge in [-0.05, 0) is 47.5 Å². The molecule has 0 aliphatic heterocycles. The van der Waals surface area contributed by atoms with Crippen LogP contribution < -0.4 is 0 Å². The third kappa shape index (κ3) is 7.05. The van der Waals surface area contributed by atoms with Crippen LogP contribution >= 0.6 is 0 Å². The van der Waals surface area contributed by atoms with Gasteiger partial charge in [-0.2, -0.15) is 0 Å². The molecule has 0 heterocycles. The number of allylic oxidation sites excluding steroid dienone is 4. The Morgan fingerprint density at radius 2 is 1.34 bits per heavy atom. The number of esters is 2. The minimum atomic E-state index is -0.169. The summed E-state index contributed by atoms with van der Waals surface area (Å²) >= 11 is 0. The van der Waals surface area contributed by atoms with Crippen molar-refractivity contribution in [2.24, 2.45) is 34.5 Å². The van der Waals surface area contributed by atoms with E-state index in [0.717, 1.165) is 37.5 Å². The molecule has 5 nitrogen and oxygen atoms in total. The van der Waals surface area contributed by atoms with Crippen LogP contribution in [0.2, 0.25) is 0 Å². The maximum atomic E-state index is 11.5. The zero-order chi connectivity index (χ0) is 24.5. The number of carbonyl (C=O) groups is 3. The van der Waals surface area contributed by atoms with Gasteiger partial charge in [0, 0.05) is 0 Å². The van der Waals surface area contributed by atoms with Gasteiger partial charge in [-0.25, -0.2) is 0 Å². The van der Waals surface area contributed by atoms with Crippen LogP contribution in [0.15, 0.2) is 23.8 Å². The van der Waals surface area contributed by atoms with E-state index in [1.807, 2.05) is 19.9 Å². The van der Waals surface area contributed by atoms with Crippen LogP contribution in [0.5, 0.6) is 0 Å². The van der Waals surface area contributed by atoms with Crippen molar-refractivity contribution in [1.82, 2.24) is 0 Å². The number of ether oxygens (including phenoxy) is 2. The SMILES string of the molecule is CCCC/C(C=O)=C\C1C(C(=O)OC)C1(C)C.CCCC/C=C\C1C(C(=O)OC)C1(C)C. The molecule has 0 spiro atoms. The second kappa shape index (κ2) is 12.4. The summed E-state index contributed by atoms with van der Waals surface area (Å²) in [6.07, 6.45) is 13.7. The highest BCUT2D eigenvalue weighted by Crippen LogP contribution is 2.60. The molecule has 4 unspecified atom stereocenters. The van der Waals surface area contributed by atoms with Crippen molar-refractivity contribution in [2.75, 3.05) is 14.2 Å². The van der Waals surface area contributed by atoms with Gasteiger partial charge in [-0.3, -0.25) is 14.4 Å². The second-order valence-electron chi connectivity index (χ2n) is 10.2. The van der Waals surface area contributed by atoms with E-state index < -0.39 is 0 Å². The van der Waals surface area contributed by atoms with Crippen molar-refractivity contribution in [3.8, 4) is 0 Å². The van der Waals surface area contributed by atoms with Crippen molar-refractivity contribution in [3.05, 3.63) is 23.8 Å². The fourth-order valence-corrected chi connectivity index (χ4v) is 4.54. The first kappa shape index (κ1) is 28.1. The van der Waals surface area contributed by atoms with Crippen LogP contribution in [0, 0.1) is 34.5 Å². The van der Waals surface area contributed by atoms with Crippen molar-refractivity contribution in [3.63, 3.8) is 0 Å². The van der Waals surface area contributed by atoms with Crippen molar-refractivity contribution < 1.29 is 23.9 Å². The van der Waals surface area contributed by atoms with Crippen molar-refractivity contribution >= 4 is 18.2 Å². The van der Waals surface area contributed by atoms with E-state index in [4.69, 9.17) is 9.47 Å². The third-order valence-electron chi connectivity index (χ3n) is 7.16. The molecule has 2 rings (SSSR count). The van der Waals surface area contributed by atoms with Gasteiger partial charge < -0.3 is 9.47 Å². The average molecular weight is 449 g/mol. The summed E-state index contributed by atoms with van der Waals surface area (Å²) in [5, 5.41) is 0. The lowest BCUT2D eigenvalue weighted by molar-refractivity contribution is -0.144. The molecule has 4 atom stereocenters. The summed E-state index contributed by atoms with van der Waals surface area (Å²) in [7, 11) is 2.88. The van der Waals surface area contributed by atoms with E-state index in [2.05, 4.69) is 39.8 Å². The van der Waals surface area contributed by atoms with Crippen molar-refractivity contribution in [1.29, 1.82) is 0 Å². The summed E-state index contributed by atoms with van der Waals surface area (Å²) in [5.74, 6) is 0.264. The fraction of sp³-hybridized carbons (Fsp3) is 0.741. The molecular formula is C27H44O5. The lowest BCUT2D eigenvalue weighted by Gasteiger charge is -2.00.